The summed E-state index contributed by atoms with van der Waals surface area (Å²) in [4.78, 5) is 7.07. The third-order valence-corrected chi connectivity index (χ3v) is 3.13. The van der Waals surface area contributed by atoms with Crippen molar-refractivity contribution in [3.05, 3.63) is 46.3 Å². The molecule has 17 heavy (non-hydrogen) atoms. The van der Waals surface area contributed by atoms with Gasteiger partial charge >= 0.3 is 0 Å². The van der Waals surface area contributed by atoms with Crippen LogP contribution >= 0.6 is 0 Å². The second-order valence-corrected chi connectivity index (χ2v) is 4.67. The van der Waals surface area contributed by atoms with Crippen LogP contribution in [-0.2, 0) is 12.8 Å². The van der Waals surface area contributed by atoms with E-state index >= 15 is 0 Å². The molecule has 0 amide bonds. The molecule has 0 radical (unpaired) electrons. The molecule has 2 aromatic rings. The van der Waals surface area contributed by atoms with Crippen LogP contribution in [0.4, 0.5) is 5.95 Å². The molecule has 0 aliphatic rings. The molecule has 0 atom stereocenters. The van der Waals surface area contributed by atoms with Crippen LogP contribution in [0.2, 0.25) is 0 Å². The van der Waals surface area contributed by atoms with Crippen molar-refractivity contribution >= 4 is 5.95 Å². The fourth-order valence-corrected chi connectivity index (χ4v) is 2.37. The average molecular weight is 229 g/mol. The Morgan fingerprint density at radius 2 is 1.76 bits per heavy atom. The molecule has 0 saturated heterocycles. The maximum Gasteiger partial charge on any atom is 0.197 e. The highest BCUT2D eigenvalue weighted by atomic mass is 15.0. The Labute approximate surface area is 102 Å². The number of rotatable bonds is 3. The van der Waals surface area contributed by atoms with Gasteiger partial charge in [-0.1, -0.05) is 17.7 Å². The number of H-pyrrole nitrogens is 1. The molecule has 2 rings (SSSR count). The van der Waals surface area contributed by atoms with Gasteiger partial charge in [0.2, 0.25) is 0 Å². The average Bonchev–Trinajstić information content (AvgIpc) is 2.62. The van der Waals surface area contributed by atoms with Crippen molar-refractivity contribution < 1.29 is 0 Å². The van der Waals surface area contributed by atoms with Gasteiger partial charge in [0.1, 0.15) is 0 Å². The zero-order chi connectivity index (χ0) is 12.4. The number of anilines is 1. The molecule has 0 fully saturated rings. The van der Waals surface area contributed by atoms with Crippen molar-refractivity contribution in [2.75, 3.05) is 5.73 Å². The summed E-state index contributed by atoms with van der Waals surface area (Å²) >= 11 is 0. The highest BCUT2D eigenvalue weighted by molar-refractivity contribution is 5.38. The van der Waals surface area contributed by atoms with E-state index in [9.17, 15) is 0 Å². The monoisotopic (exact) mass is 229 g/mol. The summed E-state index contributed by atoms with van der Waals surface area (Å²) in [7, 11) is 0. The summed E-state index contributed by atoms with van der Waals surface area (Å²) in [5, 5.41) is 0. The minimum Gasteiger partial charge on any atom is -0.369 e. The summed E-state index contributed by atoms with van der Waals surface area (Å²) in [5.74, 6) is 0.498. The smallest absolute Gasteiger partial charge is 0.197 e. The lowest BCUT2D eigenvalue weighted by Gasteiger charge is -2.10. The van der Waals surface area contributed by atoms with Gasteiger partial charge in [0, 0.05) is 5.69 Å². The van der Waals surface area contributed by atoms with E-state index in [0.29, 0.717) is 5.95 Å². The van der Waals surface area contributed by atoms with E-state index in [1.165, 1.54) is 22.3 Å². The number of hydrogen-bond donors (Lipinski definition) is 2. The van der Waals surface area contributed by atoms with Crippen LogP contribution in [0.5, 0.6) is 0 Å². The normalized spacial score (nSPS) is 10.8. The molecule has 0 unspecified atom stereocenters. The third-order valence-electron chi connectivity index (χ3n) is 3.13. The summed E-state index contributed by atoms with van der Waals surface area (Å²) in [6, 6.07) is 4.48. The first-order valence-corrected chi connectivity index (χ1v) is 5.92. The van der Waals surface area contributed by atoms with Gasteiger partial charge in [0.15, 0.2) is 5.95 Å². The van der Waals surface area contributed by atoms with Crippen molar-refractivity contribution in [1.29, 1.82) is 0 Å². The lowest BCUT2D eigenvalue weighted by molar-refractivity contribution is 0.908. The molecule has 3 nitrogen and oxygen atoms in total. The first-order valence-electron chi connectivity index (χ1n) is 5.92. The minimum absolute atomic E-state index is 0.498. The van der Waals surface area contributed by atoms with Crippen LogP contribution in [0.15, 0.2) is 18.3 Å². The Morgan fingerprint density at radius 1 is 1.12 bits per heavy atom. The summed E-state index contributed by atoms with van der Waals surface area (Å²) in [5.41, 5.74) is 12.2. The van der Waals surface area contributed by atoms with E-state index < -0.39 is 0 Å². The number of nitrogens with one attached hydrogen (secondary N) is 1. The lowest BCUT2D eigenvalue weighted by Crippen LogP contribution is -1.98. The van der Waals surface area contributed by atoms with Crippen LogP contribution in [-0.4, -0.2) is 9.97 Å². The maximum atomic E-state index is 5.56. The predicted octanol–water partition coefficient (Wildman–Crippen LogP) is 2.70. The largest absolute Gasteiger partial charge is 0.369 e. The molecule has 90 valence electrons. The van der Waals surface area contributed by atoms with Crippen LogP contribution in [0.1, 0.15) is 27.9 Å². The topological polar surface area (TPSA) is 54.7 Å². The lowest BCUT2D eigenvalue weighted by atomic mass is 9.96. The molecule has 0 aliphatic carbocycles. The van der Waals surface area contributed by atoms with Crippen LogP contribution in [0.3, 0.4) is 0 Å². The fourth-order valence-electron chi connectivity index (χ4n) is 2.37. The maximum absolute atomic E-state index is 5.56. The number of nitrogen functional groups attached to an aromatic ring is 1. The zero-order valence-electron chi connectivity index (χ0n) is 10.7. The van der Waals surface area contributed by atoms with E-state index in [0.717, 1.165) is 18.5 Å². The van der Waals surface area contributed by atoms with E-state index in [2.05, 4.69) is 42.9 Å². The number of aromatic nitrogens is 2. The number of imidazole rings is 1. The molecular formula is C14H19N3. The Bertz CT molecular complexity index is 503. The van der Waals surface area contributed by atoms with Crippen molar-refractivity contribution in [2.24, 2.45) is 0 Å². The van der Waals surface area contributed by atoms with Gasteiger partial charge < -0.3 is 10.7 Å². The van der Waals surface area contributed by atoms with Crippen molar-refractivity contribution in [3.8, 4) is 0 Å². The molecule has 0 saturated carbocycles. The van der Waals surface area contributed by atoms with Gasteiger partial charge in [-0.05, 0) is 50.3 Å². The first-order chi connectivity index (χ1) is 8.06. The second kappa shape index (κ2) is 4.62. The van der Waals surface area contributed by atoms with Crippen molar-refractivity contribution in [3.63, 3.8) is 0 Å². The molecule has 0 aliphatic heterocycles. The third kappa shape index (κ3) is 2.67. The zero-order valence-corrected chi connectivity index (χ0v) is 10.7. The number of aromatic amines is 1. The van der Waals surface area contributed by atoms with Gasteiger partial charge in [0.25, 0.3) is 0 Å². The number of hydrogen-bond acceptors (Lipinski definition) is 2. The number of nitrogens with two attached hydrogens (primary N) is 1. The molecule has 3 N–H and O–H groups in total. The SMILES string of the molecule is Cc1cc(C)c(CCc2cnc(N)[nH]2)c(C)c1. The van der Waals surface area contributed by atoms with Gasteiger partial charge in [-0.25, -0.2) is 4.98 Å². The Balaban J connectivity index is 2.14. The van der Waals surface area contributed by atoms with Crippen LogP contribution < -0.4 is 5.73 Å². The van der Waals surface area contributed by atoms with E-state index in [1.54, 1.807) is 0 Å². The Hall–Kier alpha value is -1.77. The number of nitrogens with zero attached hydrogens (tertiary/aromatic N) is 1. The molecule has 0 bridgehead atoms. The van der Waals surface area contributed by atoms with Crippen LogP contribution in [0.25, 0.3) is 0 Å². The fraction of sp³-hybridized carbons (Fsp3) is 0.357. The molecule has 1 heterocycles. The van der Waals surface area contributed by atoms with Crippen molar-refractivity contribution in [1.82, 2.24) is 9.97 Å². The standard InChI is InChI=1S/C14H19N3/c1-9-6-10(2)13(11(3)7-9)5-4-12-8-16-14(15)17-12/h6-8H,4-5H2,1-3H3,(H3,15,16,17). The highest BCUT2D eigenvalue weighted by Gasteiger charge is 2.05. The van der Waals surface area contributed by atoms with E-state index in [-0.39, 0.29) is 0 Å². The van der Waals surface area contributed by atoms with E-state index in [4.69, 9.17) is 5.73 Å². The highest BCUT2D eigenvalue weighted by Crippen LogP contribution is 2.18. The molecule has 0 spiro atoms. The quantitative estimate of drug-likeness (QED) is 0.850. The minimum atomic E-state index is 0.498. The Morgan fingerprint density at radius 3 is 2.29 bits per heavy atom. The summed E-state index contributed by atoms with van der Waals surface area (Å²) < 4.78 is 0. The number of benzene rings is 1. The van der Waals surface area contributed by atoms with Gasteiger partial charge in [-0.2, -0.15) is 0 Å². The number of aryl methyl sites for hydroxylation is 4. The molecule has 3 heteroatoms. The summed E-state index contributed by atoms with van der Waals surface area (Å²) in [6.45, 7) is 6.49. The molecule has 1 aromatic heterocycles. The van der Waals surface area contributed by atoms with Gasteiger partial charge in [-0.3, -0.25) is 0 Å². The van der Waals surface area contributed by atoms with Gasteiger partial charge in [0.05, 0.1) is 6.20 Å². The summed E-state index contributed by atoms with van der Waals surface area (Å²) in [6.07, 6.45) is 3.79. The first kappa shape index (κ1) is 11.7. The van der Waals surface area contributed by atoms with Gasteiger partial charge in [-0.15, -0.1) is 0 Å². The molecular weight excluding hydrogens is 210 g/mol. The second-order valence-electron chi connectivity index (χ2n) is 4.67. The molecule has 1 aromatic carbocycles. The Kier molecular flexibility index (Phi) is 3.18. The van der Waals surface area contributed by atoms with E-state index in [1.807, 2.05) is 6.20 Å². The predicted molar refractivity (Wildman–Crippen MR) is 71.1 cm³/mol. The van der Waals surface area contributed by atoms with Crippen LogP contribution in [0, 0.1) is 20.8 Å². The van der Waals surface area contributed by atoms with Crippen molar-refractivity contribution in [2.45, 2.75) is 33.6 Å².